The fraction of sp³-hybridized carbons (Fsp3) is 0.464. The van der Waals surface area contributed by atoms with E-state index >= 15 is 0 Å². The van der Waals surface area contributed by atoms with Crippen LogP contribution < -0.4 is 0 Å². The number of hydrogen-bond donors (Lipinski definition) is 0. The molecule has 0 radical (unpaired) electrons. The molecule has 0 bridgehead atoms. The normalized spacial score (nSPS) is 12.1. The van der Waals surface area contributed by atoms with Crippen LogP contribution in [-0.2, 0) is 38.1 Å². The first-order chi connectivity index (χ1) is 14.3. The Kier molecular flexibility index (Phi) is 9.18. The molecule has 3 aromatic carbocycles. The third kappa shape index (κ3) is 6.53. The molecule has 3 rings (SSSR count). The Labute approximate surface area is 208 Å². The van der Waals surface area contributed by atoms with Crippen LogP contribution in [0.1, 0.15) is 90.5 Å². The van der Waals surface area contributed by atoms with Gasteiger partial charge in [0.15, 0.2) is 0 Å². The van der Waals surface area contributed by atoms with Gasteiger partial charge in [0.05, 0.1) is 0 Å². The SMILES string of the molecule is CCc1cc2c(-c3cc(C(C)(C)C)cc(C(C)(C)C)c3)c(C(C)C)ccc2[cH-]1.[Cl][Zr][Cl]. The van der Waals surface area contributed by atoms with Gasteiger partial charge in [-0.15, -0.1) is 34.5 Å². The second kappa shape index (κ2) is 10.6. The van der Waals surface area contributed by atoms with Gasteiger partial charge in [0, 0.05) is 0 Å². The zero-order valence-corrected chi connectivity index (χ0v) is 24.6. The van der Waals surface area contributed by atoms with Crippen LogP contribution in [-0.4, -0.2) is 0 Å². The number of benzene rings is 2. The molecule has 0 unspecified atom stereocenters. The molecule has 0 atom stereocenters. The zero-order valence-electron chi connectivity index (χ0n) is 20.6. The van der Waals surface area contributed by atoms with Crippen molar-refractivity contribution in [1.82, 2.24) is 0 Å². The van der Waals surface area contributed by atoms with Crippen molar-refractivity contribution in [2.45, 2.75) is 85.5 Å². The average molecular weight is 536 g/mol. The molecule has 31 heavy (non-hydrogen) atoms. The van der Waals surface area contributed by atoms with E-state index in [1.54, 1.807) is 0 Å². The van der Waals surface area contributed by atoms with Crippen LogP contribution in [0.4, 0.5) is 0 Å². The summed E-state index contributed by atoms with van der Waals surface area (Å²) in [4.78, 5) is 0. The molecule has 3 heteroatoms. The quantitative estimate of drug-likeness (QED) is 0.293. The fourth-order valence-electron chi connectivity index (χ4n) is 4.01. The van der Waals surface area contributed by atoms with Crippen LogP contribution in [0.2, 0.25) is 0 Å². The third-order valence-corrected chi connectivity index (χ3v) is 5.97. The molecule has 0 aliphatic rings. The number of halogens is 2. The summed E-state index contributed by atoms with van der Waals surface area (Å²) in [6.45, 7) is 20.8. The van der Waals surface area contributed by atoms with Crippen LogP contribution in [0.5, 0.6) is 0 Å². The predicted octanol–water partition coefficient (Wildman–Crippen LogP) is 9.88. The molecule has 0 aliphatic heterocycles. The van der Waals surface area contributed by atoms with Crippen molar-refractivity contribution in [2.24, 2.45) is 0 Å². The van der Waals surface area contributed by atoms with Gasteiger partial charge in [0.2, 0.25) is 0 Å². The van der Waals surface area contributed by atoms with E-state index in [9.17, 15) is 0 Å². The minimum absolute atomic E-state index is 0.127. The van der Waals surface area contributed by atoms with Gasteiger partial charge in [-0.25, -0.2) is 0 Å². The molecular weight excluding hydrogens is 498 g/mol. The molecule has 0 aliphatic carbocycles. The summed E-state index contributed by atoms with van der Waals surface area (Å²) >= 11 is -0.826. The van der Waals surface area contributed by atoms with Gasteiger partial charge in [0.1, 0.15) is 0 Å². The van der Waals surface area contributed by atoms with Crippen molar-refractivity contribution < 1.29 is 20.8 Å². The van der Waals surface area contributed by atoms with Crippen molar-refractivity contribution in [3.8, 4) is 11.1 Å². The molecular formula is C28H37Cl2Zr-. The summed E-state index contributed by atoms with van der Waals surface area (Å²) in [6, 6.07) is 16.7. The van der Waals surface area contributed by atoms with Gasteiger partial charge in [-0.1, -0.05) is 91.6 Å². The Morgan fingerprint density at radius 3 is 1.81 bits per heavy atom. The first-order valence-electron chi connectivity index (χ1n) is 11.2. The average Bonchev–Trinajstić information content (AvgIpc) is 3.09. The maximum absolute atomic E-state index is 4.93. The Morgan fingerprint density at radius 1 is 0.871 bits per heavy atom. The Hall–Kier alpha value is -0.487. The Morgan fingerprint density at radius 2 is 1.39 bits per heavy atom. The van der Waals surface area contributed by atoms with Crippen molar-refractivity contribution in [3.05, 3.63) is 64.7 Å². The van der Waals surface area contributed by atoms with E-state index in [4.69, 9.17) is 17.0 Å². The van der Waals surface area contributed by atoms with Crippen LogP contribution in [0, 0.1) is 0 Å². The first-order valence-corrected chi connectivity index (χ1v) is 17.5. The molecule has 3 aromatic rings. The topological polar surface area (TPSA) is 0 Å². The van der Waals surface area contributed by atoms with Crippen LogP contribution in [0.15, 0.2) is 42.5 Å². The Balaban J connectivity index is 0.00000107. The van der Waals surface area contributed by atoms with E-state index in [1.165, 1.54) is 44.2 Å². The van der Waals surface area contributed by atoms with Crippen LogP contribution in [0.3, 0.4) is 0 Å². The second-order valence-corrected chi connectivity index (χ2v) is 14.5. The molecule has 0 spiro atoms. The van der Waals surface area contributed by atoms with Gasteiger partial charge >= 0.3 is 37.9 Å². The summed E-state index contributed by atoms with van der Waals surface area (Å²) in [6.07, 6.45) is 1.08. The summed E-state index contributed by atoms with van der Waals surface area (Å²) in [5.41, 5.74) is 8.79. The Bertz CT molecular complexity index is 982. The standard InChI is InChI=1S/C28H37.2ClH.Zr/c1-10-19-13-20-11-12-24(18(2)3)26(25(20)14-19)21-15-22(27(4,5)6)17-23(16-21)28(7,8)9;;;/h11-18H,10H2,1-9H3;2*1H;/q-1;;;+2/p-2. The summed E-state index contributed by atoms with van der Waals surface area (Å²) in [5.74, 6) is 0.496. The number of rotatable bonds is 3. The molecule has 0 nitrogen and oxygen atoms in total. The maximum atomic E-state index is 4.93. The van der Waals surface area contributed by atoms with E-state index in [-0.39, 0.29) is 10.8 Å². The van der Waals surface area contributed by atoms with Crippen LogP contribution in [0.25, 0.3) is 21.9 Å². The molecule has 0 amide bonds. The molecule has 0 aromatic heterocycles. The molecule has 0 saturated heterocycles. The van der Waals surface area contributed by atoms with Gasteiger partial charge in [0.25, 0.3) is 0 Å². The van der Waals surface area contributed by atoms with E-state index in [1.807, 2.05) is 0 Å². The van der Waals surface area contributed by atoms with E-state index in [0.29, 0.717) is 5.92 Å². The first kappa shape index (κ1) is 26.8. The van der Waals surface area contributed by atoms with Crippen molar-refractivity contribution in [2.75, 3.05) is 0 Å². The van der Waals surface area contributed by atoms with E-state index < -0.39 is 20.8 Å². The third-order valence-electron chi connectivity index (χ3n) is 5.97. The predicted molar refractivity (Wildman–Crippen MR) is 138 cm³/mol. The fourth-order valence-corrected chi connectivity index (χ4v) is 4.01. The molecule has 0 N–H and O–H groups in total. The molecule has 168 valence electrons. The molecule has 0 saturated carbocycles. The zero-order chi connectivity index (χ0) is 23.6. The van der Waals surface area contributed by atoms with Gasteiger partial charge in [-0.05, 0) is 39.9 Å². The number of hydrogen-bond acceptors (Lipinski definition) is 0. The molecule has 0 fully saturated rings. The van der Waals surface area contributed by atoms with Crippen molar-refractivity contribution in [1.29, 1.82) is 0 Å². The summed E-state index contributed by atoms with van der Waals surface area (Å²) in [5, 5.41) is 2.78. The summed E-state index contributed by atoms with van der Waals surface area (Å²) in [7, 11) is 9.87. The monoisotopic (exact) mass is 533 g/mol. The van der Waals surface area contributed by atoms with Crippen molar-refractivity contribution >= 4 is 27.8 Å². The number of fused-ring (bicyclic) bond motifs is 1. The van der Waals surface area contributed by atoms with E-state index in [0.717, 1.165) is 6.42 Å². The molecule has 0 heterocycles. The number of aryl methyl sites for hydroxylation is 1. The van der Waals surface area contributed by atoms with Gasteiger partial charge in [-0.2, -0.15) is 6.07 Å². The minimum atomic E-state index is -0.826. The van der Waals surface area contributed by atoms with Gasteiger partial charge in [-0.3, -0.25) is 0 Å². The van der Waals surface area contributed by atoms with E-state index in [2.05, 4.69) is 105 Å². The summed E-state index contributed by atoms with van der Waals surface area (Å²) < 4.78 is 0. The van der Waals surface area contributed by atoms with Crippen LogP contribution >= 0.6 is 17.0 Å². The second-order valence-electron chi connectivity index (χ2n) is 10.8. The van der Waals surface area contributed by atoms with Crippen molar-refractivity contribution in [3.63, 3.8) is 0 Å². The van der Waals surface area contributed by atoms with Gasteiger partial charge < -0.3 is 0 Å².